The molecule has 0 aliphatic carbocycles. The number of pyridine rings is 2. The predicted molar refractivity (Wildman–Crippen MR) is 97.0 cm³/mol. The van der Waals surface area contributed by atoms with Crippen LogP contribution < -0.4 is 0 Å². The summed E-state index contributed by atoms with van der Waals surface area (Å²) in [6.45, 7) is 2.57. The summed E-state index contributed by atoms with van der Waals surface area (Å²) in [4.78, 5) is 8.48. The van der Waals surface area contributed by atoms with E-state index >= 15 is 0 Å². The molecule has 0 aliphatic heterocycles. The second-order valence-corrected chi connectivity index (χ2v) is 7.88. The van der Waals surface area contributed by atoms with Gasteiger partial charge in [0.25, 0.3) is 0 Å². The van der Waals surface area contributed by atoms with Gasteiger partial charge in [-0.25, -0.2) is 13.4 Å². The Morgan fingerprint density at radius 3 is 2.81 bits per heavy atom. The van der Waals surface area contributed by atoms with Crippen LogP contribution >= 0.6 is 0 Å². The molecule has 0 aromatic carbocycles. The molecule has 0 N–H and O–H groups in total. The summed E-state index contributed by atoms with van der Waals surface area (Å²) in [5.74, 6) is 0. The number of hydrogen-bond donors (Lipinski definition) is 0. The molecule has 9 heteroatoms. The first-order valence-electron chi connectivity index (χ1n) is 8.11. The predicted octanol–water partition coefficient (Wildman–Crippen LogP) is 1.51. The number of ether oxygens (including phenoxy) is 1. The molecule has 138 valence electrons. The number of sulfonamides is 1. The molecule has 0 saturated heterocycles. The lowest BCUT2D eigenvalue weighted by atomic mass is 10.3. The molecule has 3 aromatic rings. The molecular formula is C17H21N5O3S. The van der Waals surface area contributed by atoms with Crippen LogP contribution in [0, 0.1) is 6.92 Å². The average Bonchev–Trinajstić information content (AvgIpc) is 2.93. The maximum absolute atomic E-state index is 13.2. The first-order valence-corrected chi connectivity index (χ1v) is 9.55. The fourth-order valence-electron chi connectivity index (χ4n) is 2.75. The lowest BCUT2D eigenvalue weighted by Gasteiger charge is -2.21. The van der Waals surface area contributed by atoms with Crippen LogP contribution in [0.3, 0.4) is 0 Å². The van der Waals surface area contributed by atoms with Gasteiger partial charge in [-0.3, -0.25) is 9.67 Å². The zero-order valence-corrected chi connectivity index (χ0v) is 15.8. The fraction of sp³-hybridized carbons (Fsp3) is 0.353. The molecule has 0 spiro atoms. The Morgan fingerprint density at radius 1 is 1.31 bits per heavy atom. The van der Waals surface area contributed by atoms with E-state index in [1.807, 2.05) is 13.0 Å². The number of nitrogens with zero attached hydrogens (tertiary/aromatic N) is 5. The zero-order valence-electron chi connectivity index (χ0n) is 15.0. The van der Waals surface area contributed by atoms with E-state index in [0.29, 0.717) is 12.3 Å². The lowest BCUT2D eigenvalue weighted by molar-refractivity contribution is 0.177. The van der Waals surface area contributed by atoms with Gasteiger partial charge in [0.1, 0.15) is 4.90 Å². The van der Waals surface area contributed by atoms with Crippen LogP contribution in [0.5, 0.6) is 0 Å². The Kier molecular flexibility index (Phi) is 5.30. The van der Waals surface area contributed by atoms with E-state index in [-0.39, 0.29) is 18.0 Å². The third-order valence-corrected chi connectivity index (χ3v) is 5.91. The van der Waals surface area contributed by atoms with Crippen molar-refractivity contribution in [2.24, 2.45) is 7.05 Å². The molecule has 3 rings (SSSR count). The molecular weight excluding hydrogens is 354 g/mol. The highest BCUT2D eigenvalue weighted by Crippen LogP contribution is 2.23. The molecule has 0 bridgehead atoms. The molecule has 0 radical (unpaired) electrons. The number of methoxy groups -OCH3 is 1. The van der Waals surface area contributed by atoms with Crippen LogP contribution in [0.4, 0.5) is 0 Å². The summed E-state index contributed by atoms with van der Waals surface area (Å²) < 4.78 is 34.5. The van der Waals surface area contributed by atoms with Gasteiger partial charge in [0.05, 0.1) is 12.3 Å². The van der Waals surface area contributed by atoms with E-state index in [9.17, 15) is 8.42 Å². The van der Waals surface area contributed by atoms with Crippen molar-refractivity contribution < 1.29 is 13.2 Å². The van der Waals surface area contributed by atoms with Gasteiger partial charge in [-0.05, 0) is 24.6 Å². The monoisotopic (exact) mass is 375 g/mol. The Hall–Kier alpha value is -2.36. The highest BCUT2D eigenvalue weighted by atomic mass is 32.2. The highest BCUT2D eigenvalue weighted by molar-refractivity contribution is 7.89. The third kappa shape index (κ3) is 3.59. The van der Waals surface area contributed by atoms with Crippen molar-refractivity contribution in [1.29, 1.82) is 0 Å². The smallest absolute Gasteiger partial charge is 0.245 e. The summed E-state index contributed by atoms with van der Waals surface area (Å²) >= 11 is 0. The standard InChI is InChI=1S/C17H21N5O3S/c1-13-16-9-15(11-19-17(16)21(2)20-13)26(23,24)22(7-8-25-3)12-14-5-4-6-18-10-14/h4-6,9-11H,7-8,12H2,1-3H3. The lowest BCUT2D eigenvalue weighted by Crippen LogP contribution is -2.33. The first kappa shape index (κ1) is 18.4. The normalized spacial score (nSPS) is 12.2. The van der Waals surface area contributed by atoms with E-state index in [4.69, 9.17) is 4.74 Å². The zero-order chi connectivity index (χ0) is 18.7. The minimum Gasteiger partial charge on any atom is -0.383 e. The molecule has 0 fully saturated rings. The number of fused-ring (bicyclic) bond motifs is 1. The van der Waals surface area contributed by atoms with Gasteiger partial charge in [-0.15, -0.1) is 0 Å². The molecule has 0 saturated carbocycles. The average molecular weight is 375 g/mol. The summed E-state index contributed by atoms with van der Waals surface area (Å²) in [6.07, 6.45) is 4.68. The van der Waals surface area contributed by atoms with Gasteiger partial charge >= 0.3 is 0 Å². The van der Waals surface area contributed by atoms with Crippen molar-refractivity contribution in [2.45, 2.75) is 18.4 Å². The van der Waals surface area contributed by atoms with Crippen LogP contribution in [0.15, 0.2) is 41.7 Å². The van der Waals surface area contributed by atoms with Crippen molar-refractivity contribution in [3.8, 4) is 0 Å². The number of hydrogen-bond acceptors (Lipinski definition) is 6. The van der Waals surface area contributed by atoms with Crippen molar-refractivity contribution in [2.75, 3.05) is 20.3 Å². The van der Waals surface area contributed by atoms with Gasteiger partial charge in [-0.2, -0.15) is 9.40 Å². The first-order chi connectivity index (χ1) is 12.4. The Labute approximate surface area is 152 Å². The minimum absolute atomic E-state index is 0.140. The Morgan fingerprint density at radius 2 is 2.12 bits per heavy atom. The molecule has 0 atom stereocenters. The molecule has 26 heavy (non-hydrogen) atoms. The number of aromatic nitrogens is 4. The largest absolute Gasteiger partial charge is 0.383 e. The number of aryl methyl sites for hydroxylation is 2. The van der Waals surface area contributed by atoms with Gasteiger partial charge in [0.2, 0.25) is 10.0 Å². The highest BCUT2D eigenvalue weighted by Gasteiger charge is 2.26. The third-order valence-electron chi connectivity index (χ3n) is 4.10. The van der Waals surface area contributed by atoms with Gasteiger partial charge in [-0.1, -0.05) is 6.07 Å². The van der Waals surface area contributed by atoms with E-state index < -0.39 is 10.0 Å². The SMILES string of the molecule is COCCN(Cc1cccnc1)S(=O)(=O)c1cnc2c(c1)c(C)nn2C. The maximum atomic E-state index is 13.2. The summed E-state index contributed by atoms with van der Waals surface area (Å²) in [5, 5.41) is 5.02. The second-order valence-electron chi connectivity index (χ2n) is 5.94. The van der Waals surface area contributed by atoms with E-state index in [2.05, 4.69) is 15.1 Å². The van der Waals surface area contributed by atoms with Crippen LogP contribution in [0.25, 0.3) is 11.0 Å². The molecule has 3 aromatic heterocycles. The molecule has 3 heterocycles. The molecule has 0 aliphatic rings. The number of rotatable bonds is 7. The van der Waals surface area contributed by atoms with E-state index in [1.54, 1.807) is 43.4 Å². The summed E-state index contributed by atoms with van der Waals surface area (Å²) in [7, 11) is -0.420. The van der Waals surface area contributed by atoms with Gasteiger partial charge < -0.3 is 4.74 Å². The Bertz CT molecular complexity index is 1000. The van der Waals surface area contributed by atoms with Crippen LogP contribution in [-0.4, -0.2) is 52.7 Å². The molecule has 8 nitrogen and oxygen atoms in total. The van der Waals surface area contributed by atoms with Crippen LogP contribution in [0.1, 0.15) is 11.3 Å². The maximum Gasteiger partial charge on any atom is 0.245 e. The second kappa shape index (κ2) is 7.48. The van der Waals surface area contributed by atoms with Crippen LogP contribution in [0.2, 0.25) is 0 Å². The molecule has 0 amide bonds. The van der Waals surface area contributed by atoms with E-state index in [0.717, 1.165) is 16.6 Å². The van der Waals surface area contributed by atoms with Crippen molar-refractivity contribution in [3.05, 3.63) is 48.0 Å². The summed E-state index contributed by atoms with van der Waals surface area (Å²) in [6, 6.07) is 5.25. The summed E-state index contributed by atoms with van der Waals surface area (Å²) in [5.41, 5.74) is 2.19. The Balaban J connectivity index is 1.99. The van der Waals surface area contributed by atoms with Crippen LogP contribution in [-0.2, 0) is 28.4 Å². The van der Waals surface area contributed by atoms with Crippen molar-refractivity contribution in [1.82, 2.24) is 24.1 Å². The van der Waals surface area contributed by atoms with Gasteiger partial charge in [0, 0.05) is 51.2 Å². The van der Waals surface area contributed by atoms with Crippen molar-refractivity contribution >= 4 is 21.1 Å². The fourth-order valence-corrected chi connectivity index (χ4v) is 4.14. The topological polar surface area (TPSA) is 90.2 Å². The quantitative estimate of drug-likeness (QED) is 0.622. The minimum atomic E-state index is -3.74. The molecule has 0 unspecified atom stereocenters. The van der Waals surface area contributed by atoms with E-state index in [1.165, 1.54) is 10.5 Å². The van der Waals surface area contributed by atoms with Gasteiger partial charge in [0.15, 0.2) is 5.65 Å². The van der Waals surface area contributed by atoms with Crippen molar-refractivity contribution in [3.63, 3.8) is 0 Å².